The van der Waals surface area contributed by atoms with Crippen LogP contribution in [0.25, 0.3) is 0 Å². The van der Waals surface area contributed by atoms with Crippen LogP contribution in [0.4, 0.5) is 0 Å². The van der Waals surface area contributed by atoms with Gasteiger partial charge in [0.2, 0.25) is 0 Å². The fourth-order valence-corrected chi connectivity index (χ4v) is 3.57. The van der Waals surface area contributed by atoms with E-state index in [0.717, 1.165) is 12.0 Å². The number of nitrogens with zero attached hydrogens (tertiary/aromatic N) is 2. The molecule has 1 aliphatic rings. The molecule has 0 saturated carbocycles. The van der Waals surface area contributed by atoms with Crippen LogP contribution in [-0.4, -0.2) is 32.5 Å². The summed E-state index contributed by atoms with van der Waals surface area (Å²) in [5, 5.41) is 20.6. The molecule has 0 fully saturated rings. The maximum absolute atomic E-state index is 13.3. The zero-order valence-electron chi connectivity index (χ0n) is 16.1. The summed E-state index contributed by atoms with van der Waals surface area (Å²) in [4.78, 5) is 19.2. The molecule has 0 spiro atoms. The molecule has 4 rings (SSSR count). The third-order valence-electron chi connectivity index (χ3n) is 5.20. The van der Waals surface area contributed by atoms with E-state index in [1.54, 1.807) is 30.2 Å². The van der Waals surface area contributed by atoms with Gasteiger partial charge in [-0.25, -0.2) is 0 Å². The zero-order chi connectivity index (χ0) is 20.4. The lowest BCUT2D eigenvalue weighted by molar-refractivity contribution is 0.0726. The van der Waals surface area contributed by atoms with E-state index in [2.05, 4.69) is 11.1 Å². The van der Waals surface area contributed by atoms with E-state index in [-0.39, 0.29) is 35.3 Å². The second kappa shape index (κ2) is 7.83. The molecule has 0 aliphatic carbocycles. The normalized spacial score (nSPS) is 13.1. The first-order chi connectivity index (χ1) is 14.0. The van der Waals surface area contributed by atoms with Crippen molar-refractivity contribution in [2.75, 3.05) is 6.54 Å². The first kappa shape index (κ1) is 18.8. The number of phenolic OH excluding ortho intramolecular Hbond substituents is 2. The quantitative estimate of drug-likeness (QED) is 0.712. The predicted molar refractivity (Wildman–Crippen MR) is 108 cm³/mol. The van der Waals surface area contributed by atoms with Crippen LogP contribution in [0.5, 0.6) is 17.2 Å². The summed E-state index contributed by atoms with van der Waals surface area (Å²) in [5.74, 6) is -0.569. The number of carbonyl (C=O) groups is 1. The molecular weight excluding hydrogens is 368 g/mol. The van der Waals surface area contributed by atoms with E-state index in [0.29, 0.717) is 24.3 Å². The Morgan fingerprint density at radius 3 is 2.62 bits per heavy atom. The van der Waals surface area contributed by atoms with Gasteiger partial charge in [0, 0.05) is 30.9 Å². The molecule has 2 aromatic carbocycles. The fourth-order valence-electron chi connectivity index (χ4n) is 3.57. The second-order valence-corrected chi connectivity index (χ2v) is 7.10. The largest absolute Gasteiger partial charge is 0.507 e. The lowest BCUT2D eigenvalue weighted by atomic mass is 9.98. The first-order valence-electron chi connectivity index (χ1n) is 9.49. The SMILES string of the molecule is Cc1c(O)cc(O)c(C(=O)N2CCc3ccccc3C2)c1OCc1ccccn1. The number of benzene rings is 2. The van der Waals surface area contributed by atoms with E-state index in [4.69, 9.17) is 4.74 Å². The maximum atomic E-state index is 13.3. The number of hydrogen-bond donors (Lipinski definition) is 2. The number of amides is 1. The summed E-state index contributed by atoms with van der Waals surface area (Å²) in [6, 6.07) is 14.7. The molecule has 0 saturated heterocycles. The van der Waals surface area contributed by atoms with Crippen LogP contribution in [0.2, 0.25) is 0 Å². The molecule has 29 heavy (non-hydrogen) atoms. The predicted octanol–water partition coefficient (Wildman–Crippen LogP) is 3.58. The van der Waals surface area contributed by atoms with Gasteiger partial charge < -0.3 is 19.8 Å². The number of aromatic nitrogens is 1. The number of hydrogen-bond acceptors (Lipinski definition) is 5. The van der Waals surface area contributed by atoms with Gasteiger partial charge in [0.15, 0.2) is 0 Å². The van der Waals surface area contributed by atoms with Gasteiger partial charge in [0.25, 0.3) is 5.91 Å². The highest BCUT2D eigenvalue weighted by Gasteiger charge is 2.29. The van der Waals surface area contributed by atoms with Crippen molar-refractivity contribution in [2.24, 2.45) is 0 Å². The van der Waals surface area contributed by atoms with Crippen molar-refractivity contribution in [3.63, 3.8) is 0 Å². The minimum atomic E-state index is -0.323. The lowest BCUT2D eigenvalue weighted by Gasteiger charge is -2.30. The van der Waals surface area contributed by atoms with Gasteiger partial charge in [-0.05, 0) is 36.6 Å². The van der Waals surface area contributed by atoms with E-state index in [1.165, 1.54) is 11.6 Å². The van der Waals surface area contributed by atoms with Gasteiger partial charge in [-0.3, -0.25) is 9.78 Å². The minimum absolute atomic E-state index is 0.0654. The van der Waals surface area contributed by atoms with Crippen LogP contribution in [0.1, 0.15) is 32.7 Å². The Labute approximate surface area is 169 Å². The van der Waals surface area contributed by atoms with Crippen molar-refractivity contribution in [1.82, 2.24) is 9.88 Å². The highest BCUT2D eigenvalue weighted by atomic mass is 16.5. The van der Waals surface area contributed by atoms with Crippen molar-refractivity contribution in [3.8, 4) is 17.2 Å². The number of fused-ring (bicyclic) bond motifs is 1. The molecule has 0 bridgehead atoms. The number of carbonyl (C=O) groups excluding carboxylic acids is 1. The van der Waals surface area contributed by atoms with Gasteiger partial charge in [0.1, 0.15) is 29.4 Å². The summed E-state index contributed by atoms with van der Waals surface area (Å²) in [7, 11) is 0. The third-order valence-corrected chi connectivity index (χ3v) is 5.20. The third kappa shape index (κ3) is 3.74. The fraction of sp³-hybridized carbons (Fsp3) is 0.217. The minimum Gasteiger partial charge on any atom is -0.507 e. The van der Waals surface area contributed by atoms with Crippen LogP contribution < -0.4 is 4.74 Å². The molecule has 1 aromatic heterocycles. The molecule has 0 radical (unpaired) electrons. The van der Waals surface area contributed by atoms with Gasteiger partial charge >= 0.3 is 0 Å². The summed E-state index contributed by atoms with van der Waals surface area (Å²) in [5.41, 5.74) is 3.47. The van der Waals surface area contributed by atoms with Crippen LogP contribution in [0, 0.1) is 6.92 Å². The van der Waals surface area contributed by atoms with Crippen LogP contribution in [0.3, 0.4) is 0 Å². The molecular formula is C23H22N2O4. The molecule has 3 aromatic rings. The van der Waals surface area contributed by atoms with E-state index >= 15 is 0 Å². The maximum Gasteiger partial charge on any atom is 0.261 e. The molecule has 148 valence electrons. The van der Waals surface area contributed by atoms with Crippen molar-refractivity contribution in [1.29, 1.82) is 0 Å². The highest BCUT2D eigenvalue weighted by molar-refractivity contribution is 6.00. The molecule has 2 heterocycles. The Hall–Kier alpha value is -3.54. The number of aromatic hydroxyl groups is 2. The number of ether oxygens (including phenoxy) is 1. The van der Waals surface area contributed by atoms with Crippen molar-refractivity contribution in [3.05, 3.63) is 82.7 Å². The van der Waals surface area contributed by atoms with Crippen LogP contribution in [-0.2, 0) is 19.6 Å². The van der Waals surface area contributed by atoms with Gasteiger partial charge in [-0.1, -0.05) is 30.3 Å². The van der Waals surface area contributed by atoms with E-state index in [9.17, 15) is 15.0 Å². The number of phenols is 2. The Bertz CT molecular complexity index is 1050. The average Bonchev–Trinajstić information content (AvgIpc) is 2.75. The van der Waals surface area contributed by atoms with Crippen molar-refractivity contribution < 1.29 is 19.7 Å². The monoisotopic (exact) mass is 390 g/mol. The molecule has 6 heteroatoms. The summed E-state index contributed by atoms with van der Waals surface area (Å²) < 4.78 is 5.87. The molecule has 0 unspecified atom stereocenters. The molecule has 1 amide bonds. The summed E-state index contributed by atoms with van der Waals surface area (Å²) in [6.07, 6.45) is 2.41. The Morgan fingerprint density at radius 1 is 1.10 bits per heavy atom. The van der Waals surface area contributed by atoms with Gasteiger partial charge in [-0.2, -0.15) is 0 Å². The van der Waals surface area contributed by atoms with E-state index in [1.807, 2.05) is 24.3 Å². The topological polar surface area (TPSA) is 82.9 Å². The summed E-state index contributed by atoms with van der Waals surface area (Å²) >= 11 is 0. The average molecular weight is 390 g/mol. The standard InChI is InChI=1S/C23H22N2O4/c1-15-19(26)12-20(27)21(22(15)29-14-18-8-4-5-10-24-18)23(28)25-11-9-16-6-2-3-7-17(16)13-25/h2-8,10,12,26-27H,9,11,13-14H2,1H3. The van der Waals surface area contributed by atoms with Crippen LogP contribution in [0.15, 0.2) is 54.7 Å². The Balaban J connectivity index is 1.65. The number of pyridine rings is 1. The van der Waals surface area contributed by atoms with Crippen molar-refractivity contribution >= 4 is 5.91 Å². The lowest BCUT2D eigenvalue weighted by Crippen LogP contribution is -2.36. The Kier molecular flexibility index (Phi) is 5.08. The van der Waals surface area contributed by atoms with E-state index < -0.39 is 0 Å². The zero-order valence-corrected chi connectivity index (χ0v) is 16.1. The first-order valence-corrected chi connectivity index (χ1v) is 9.49. The highest BCUT2D eigenvalue weighted by Crippen LogP contribution is 2.39. The van der Waals surface area contributed by atoms with Gasteiger partial charge in [-0.15, -0.1) is 0 Å². The molecule has 6 nitrogen and oxygen atoms in total. The van der Waals surface area contributed by atoms with Gasteiger partial charge in [0.05, 0.1) is 5.69 Å². The molecule has 1 aliphatic heterocycles. The smallest absolute Gasteiger partial charge is 0.261 e. The number of rotatable bonds is 4. The molecule has 0 atom stereocenters. The van der Waals surface area contributed by atoms with Crippen molar-refractivity contribution in [2.45, 2.75) is 26.5 Å². The Morgan fingerprint density at radius 2 is 1.86 bits per heavy atom. The summed E-state index contributed by atoms with van der Waals surface area (Å²) in [6.45, 7) is 2.79. The second-order valence-electron chi connectivity index (χ2n) is 7.10. The van der Waals surface area contributed by atoms with Crippen LogP contribution >= 0.6 is 0 Å². The molecule has 2 N–H and O–H groups in total.